The minimum atomic E-state index is -1.10. The van der Waals surface area contributed by atoms with Crippen LogP contribution in [0.3, 0.4) is 0 Å². The molecule has 1 aliphatic heterocycles. The Labute approximate surface area is 99.1 Å². The van der Waals surface area contributed by atoms with E-state index < -0.39 is 24.2 Å². The van der Waals surface area contributed by atoms with E-state index in [-0.39, 0.29) is 31.8 Å². The van der Waals surface area contributed by atoms with E-state index in [0.717, 1.165) is 0 Å². The minimum absolute atomic E-state index is 0.0312. The third kappa shape index (κ3) is 3.39. The molecule has 0 aromatic carbocycles. The lowest BCUT2D eigenvalue weighted by molar-refractivity contribution is -0.149. The van der Waals surface area contributed by atoms with Crippen LogP contribution in [0, 0.1) is 0 Å². The van der Waals surface area contributed by atoms with Crippen LogP contribution in [0.5, 0.6) is 0 Å². The molecule has 1 unspecified atom stereocenters. The molecule has 0 aliphatic carbocycles. The summed E-state index contributed by atoms with van der Waals surface area (Å²) in [5.41, 5.74) is 5.39. The predicted molar refractivity (Wildman–Crippen MR) is 58.2 cm³/mol. The molecule has 0 aromatic heterocycles. The number of carboxylic acid groups (broad SMARTS) is 1. The molecule has 0 saturated carbocycles. The van der Waals surface area contributed by atoms with Crippen LogP contribution in [0.2, 0.25) is 0 Å². The highest BCUT2D eigenvalue weighted by atomic mass is 16.5. The van der Waals surface area contributed by atoms with Crippen LogP contribution in [0.25, 0.3) is 0 Å². The number of rotatable bonds is 5. The van der Waals surface area contributed by atoms with E-state index in [9.17, 15) is 14.7 Å². The Morgan fingerprint density at radius 1 is 1.59 bits per heavy atom. The van der Waals surface area contributed by atoms with Crippen molar-refractivity contribution >= 4 is 11.9 Å². The van der Waals surface area contributed by atoms with E-state index in [1.54, 1.807) is 0 Å². The number of aliphatic hydroxyl groups excluding tert-OH is 1. The molecule has 0 aromatic rings. The van der Waals surface area contributed by atoms with Gasteiger partial charge in [-0.2, -0.15) is 0 Å². The molecule has 0 radical (unpaired) electrons. The number of likely N-dealkylation sites (tertiary alicyclic amines) is 1. The molecule has 1 heterocycles. The lowest BCUT2D eigenvalue weighted by atomic mass is 10.2. The third-order valence-corrected chi connectivity index (χ3v) is 2.88. The first-order valence-electron chi connectivity index (χ1n) is 5.42. The first-order chi connectivity index (χ1) is 7.99. The SMILES string of the molecule is COC(CN)CC(=O)N1C[C@@H](O)C[C@H]1C(=O)O. The Hall–Kier alpha value is -1.18. The Morgan fingerprint density at radius 3 is 2.71 bits per heavy atom. The van der Waals surface area contributed by atoms with Crippen molar-refractivity contribution in [3.8, 4) is 0 Å². The number of aliphatic carboxylic acids is 1. The topological polar surface area (TPSA) is 113 Å². The normalized spacial score (nSPS) is 25.9. The van der Waals surface area contributed by atoms with Crippen molar-refractivity contribution < 1.29 is 24.5 Å². The number of ether oxygens (including phenoxy) is 1. The molecule has 7 nitrogen and oxygen atoms in total. The summed E-state index contributed by atoms with van der Waals surface area (Å²) in [6.07, 6.45) is -1.10. The van der Waals surface area contributed by atoms with Crippen molar-refractivity contribution in [3.63, 3.8) is 0 Å². The summed E-state index contributed by atoms with van der Waals surface area (Å²) in [6.45, 7) is 0.243. The van der Waals surface area contributed by atoms with Crippen molar-refractivity contribution in [2.45, 2.75) is 31.1 Å². The van der Waals surface area contributed by atoms with E-state index >= 15 is 0 Å². The number of nitrogens with zero attached hydrogens (tertiary/aromatic N) is 1. The number of carbonyl (C=O) groups is 2. The molecule has 1 fully saturated rings. The van der Waals surface area contributed by atoms with E-state index in [0.29, 0.717) is 0 Å². The smallest absolute Gasteiger partial charge is 0.326 e. The van der Waals surface area contributed by atoms with Crippen LogP contribution in [-0.4, -0.2) is 65.4 Å². The van der Waals surface area contributed by atoms with E-state index in [2.05, 4.69) is 0 Å². The van der Waals surface area contributed by atoms with Crippen molar-refractivity contribution in [2.75, 3.05) is 20.2 Å². The standard InChI is InChI=1S/C10H18N2O5/c1-17-7(4-11)3-9(14)12-5-6(13)2-8(12)10(15)16/h6-8,13H,2-5,11H2,1H3,(H,15,16)/t6-,7?,8-/m0/s1. The molecular formula is C10H18N2O5. The predicted octanol–water partition coefficient (Wildman–Crippen LogP) is -1.60. The second kappa shape index (κ2) is 5.95. The number of aliphatic hydroxyl groups is 1. The third-order valence-electron chi connectivity index (χ3n) is 2.88. The molecule has 1 rings (SSSR count). The fraction of sp³-hybridized carbons (Fsp3) is 0.800. The van der Waals surface area contributed by atoms with Crippen LogP contribution < -0.4 is 5.73 Å². The molecule has 3 atom stereocenters. The first kappa shape index (κ1) is 13.9. The van der Waals surface area contributed by atoms with Gasteiger partial charge in [-0.25, -0.2) is 4.79 Å². The van der Waals surface area contributed by atoms with Gasteiger partial charge in [-0.3, -0.25) is 4.79 Å². The number of β-amino-alcohol motifs (C(OH)–C–C–N with tert-alkyl or cyclic N) is 1. The van der Waals surface area contributed by atoms with Crippen LogP contribution in [0.1, 0.15) is 12.8 Å². The van der Waals surface area contributed by atoms with Gasteiger partial charge in [0.15, 0.2) is 0 Å². The second-order valence-electron chi connectivity index (χ2n) is 4.09. The Morgan fingerprint density at radius 2 is 2.24 bits per heavy atom. The molecule has 1 saturated heterocycles. The van der Waals surface area contributed by atoms with Crippen LogP contribution >= 0.6 is 0 Å². The van der Waals surface area contributed by atoms with Gasteiger partial charge < -0.3 is 25.6 Å². The van der Waals surface area contributed by atoms with Crippen LogP contribution in [0.4, 0.5) is 0 Å². The van der Waals surface area contributed by atoms with Gasteiger partial charge in [0.1, 0.15) is 6.04 Å². The number of carbonyl (C=O) groups excluding carboxylic acids is 1. The molecule has 0 bridgehead atoms. The Kier molecular flexibility index (Phi) is 4.86. The summed E-state index contributed by atoms with van der Waals surface area (Å²) in [4.78, 5) is 24.0. The summed E-state index contributed by atoms with van der Waals surface area (Å²) in [6, 6.07) is -0.951. The molecule has 0 spiro atoms. The number of hydrogen-bond acceptors (Lipinski definition) is 5. The van der Waals surface area contributed by atoms with Crippen LogP contribution in [0.15, 0.2) is 0 Å². The monoisotopic (exact) mass is 246 g/mol. The van der Waals surface area contributed by atoms with Gasteiger partial charge in [-0.1, -0.05) is 0 Å². The Bertz CT molecular complexity index is 292. The fourth-order valence-electron chi connectivity index (χ4n) is 1.90. The quantitative estimate of drug-likeness (QED) is 0.538. The molecule has 4 N–H and O–H groups in total. The van der Waals surface area contributed by atoms with Crippen molar-refractivity contribution in [3.05, 3.63) is 0 Å². The zero-order valence-corrected chi connectivity index (χ0v) is 9.70. The van der Waals surface area contributed by atoms with Gasteiger partial charge in [0, 0.05) is 26.6 Å². The summed E-state index contributed by atoms with van der Waals surface area (Å²) < 4.78 is 4.97. The molecule has 98 valence electrons. The number of nitrogens with two attached hydrogens (primary N) is 1. The zero-order chi connectivity index (χ0) is 13.0. The van der Waals surface area contributed by atoms with Crippen molar-refractivity contribution in [1.29, 1.82) is 0 Å². The lowest BCUT2D eigenvalue weighted by Crippen LogP contribution is -2.42. The minimum Gasteiger partial charge on any atom is -0.480 e. The zero-order valence-electron chi connectivity index (χ0n) is 9.70. The average Bonchev–Trinajstić information content (AvgIpc) is 2.68. The number of carboxylic acids is 1. The molecule has 17 heavy (non-hydrogen) atoms. The number of hydrogen-bond donors (Lipinski definition) is 3. The Balaban J connectivity index is 2.64. The molecular weight excluding hydrogens is 228 g/mol. The van der Waals surface area contributed by atoms with E-state index in [1.165, 1.54) is 12.0 Å². The first-order valence-corrected chi connectivity index (χ1v) is 5.42. The van der Waals surface area contributed by atoms with Crippen LogP contribution in [-0.2, 0) is 14.3 Å². The van der Waals surface area contributed by atoms with Crippen molar-refractivity contribution in [1.82, 2.24) is 4.90 Å². The number of methoxy groups -OCH3 is 1. The summed E-state index contributed by atoms with van der Waals surface area (Å²) in [5, 5.41) is 18.3. The fourth-order valence-corrected chi connectivity index (χ4v) is 1.90. The average molecular weight is 246 g/mol. The highest BCUT2D eigenvalue weighted by Crippen LogP contribution is 2.19. The van der Waals surface area contributed by atoms with E-state index in [4.69, 9.17) is 15.6 Å². The van der Waals surface area contributed by atoms with Gasteiger partial charge in [0.05, 0.1) is 18.6 Å². The largest absolute Gasteiger partial charge is 0.480 e. The summed E-state index contributed by atoms with van der Waals surface area (Å²) in [5.74, 6) is -1.46. The second-order valence-corrected chi connectivity index (χ2v) is 4.09. The maximum Gasteiger partial charge on any atom is 0.326 e. The van der Waals surface area contributed by atoms with Crippen molar-refractivity contribution in [2.24, 2.45) is 5.73 Å². The number of amides is 1. The maximum atomic E-state index is 11.8. The van der Waals surface area contributed by atoms with E-state index in [1.807, 2.05) is 0 Å². The summed E-state index contributed by atoms with van der Waals surface area (Å²) in [7, 11) is 1.44. The summed E-state index contributed by atoms with van der Waals surface area (Å²) >= 11 is 0. The highest BCUT2D eigenvalue weighted by molar-refractivity contribution is 5.84. The lowest BCUT2D eigenvalue weighted by Gasteiger charge is -2.23. The molecule has 1 aliphatic rings. The van der Waals surface area contributed by atoms with Gasteiger partial charge in [0.25, 0.3) is 0 Å². The maximum absolute atomic E-state index is 11.8. The highest BCUT2D eigenvalue weighted by Gasteiger charge is 2.39. The van der Waals surface area contributed by atoms with Gasteiger partial charge in [0.2, 0.25) is 5.91 Å². The molecule has 7 heteroatoms. The van der Waals surface area contributed by atoms with Gasteiger partial charge in [-0.05, 0) is 0 Å². The molecule has 1 amide bonds. The van der Waals surface area contributed by atoms with Gasteiger partial charge in [-0.15, -0.1) is 0 Å². The van der Waals surface area contributed by atoms with Gasteiger partial charge >= 0.3 is 5.97 Å².